The minimum absolute atomic E-state index is 0.304. The Kier molecular flexibility index (Phi) is 3.53. The van der Waals surface area contributed by atoms with E-state index in [1.807, 2.05) is 18.2 Å². The largest absolute Gasteiger partial charge is 0.213 e. The van der Waals surface area contributed by atoms with E-state index in [0.717, 1.165) is 5.56 Å². The lowest BCUT2D eigenvalue weighted by Crippen LogP contribution is -2.24. The summed E-state index contributed by atoms with van der Waals surface area (Å²) >= 11 is 5.90. The molecular weight excluding hydrogens is 222 g/mol. The molecule has 0 N–H and O–H groups in total. The molecule has 0 saturated heterocycles. The summed E-state index contributed by atoms with van der Waals surface area (Å²) < 4.78 is 23.5. The summed E-state index contributed by atoms with van der Waals surface area (Å²) in [5.41, 5.74) is 0.807. The van der Waals surface area contributed by atoms with E-state index < -0.39 is 10.0 Å². The molecule has 0 aromatic heterocycles. The molecule has 0 aliphatic heterocycles. The zero-order valence-corrected chi connectivity index (χ0v) is 9.64. The number of sulfonamides is 1. The quantitative estimate of drug-likeness (QED) is 0.798. The Labute approximate surface area is 89.4 Å². The Bertz CT molecular complexity index is 417. The molecule has 0 bridgehead atoms. The van der Waals surface area contributed by atoms with Gasteiger partial charge in [0.15, 0.2) is 0 Å². The van der Waals surface area contributed by atoms with Crippen LogP contribution in [0.3, 0.4) is 0 Å². The molecule has 1 aromatic rings. The van der Waals surface area contributed by atoms with Crippen LogP contribution in [0.25, 0.3) is 0 Å². The van der Waals surface area contributed by atoms with Crippen LogP contribution in [0.1, 0.15) is 5.56 Å². The summed E-state index contributed by atoms with van der Waals surface area (Å²) in [7, 11) is -1.62. The van der Waals surface area contributed by atoms with Gasteiger partial charge < -0.3 is 0 Å². The van der Waals surface area contributed by atoms with Gasteiger partial charge in [-0.05, 0) is 11.6 Å². The fraction of sp³-hybridized carbons (Fsp3) is 0.333. The molecule has 78 valence electrons. The van der Waals surface area contributed by atoms with Crippen LogP contribution in [0.5, 0.6) is 0 Å². The van der Waals surface area contributed by atoms with Gasteiger partial charge in [0.2, 0.25) is 10.0 Å². The van der Waals surface area contributed by atoms with Gasteiger partial charge in [-0.15, -0.1) is 0 Å². The van der Waals surface area contributed by atoms with Gasteiger partial charge in [0.25, 0.3) is 0 Å². The molecule has 1 aromatic carbocycles. The number of rotatable bonds is 3. The summed E-state index contributed by atoms with van der Waals surface area (Å²) in [4.78, 5) is 0. The van der Waals surface area contributed by atoms with Crippen LogP contribution < -0.4 is 0 Å². The fourth-order valence-electron chi connectivity index (χ4n) is 0.984. The molecule has 0 atom stereocenters. The summed E-state index contributed by atoms with van der Waals surface area (Å²) in [6.07, 6.45) is 1.17. The Hall–Kier alpha value is -0.580. The molecule has 0 amide bonds. The smallest absolute Gasteiger partial charge is 0.211 e. The van der Waals surface area contributed by atoms with E-state index in [1.165, 1.54) is 17.6 Å². The first-order chi connectivity index (χ1) is 6.41. The molecule has 1 rings (SSSR count). The third kappa shape index (κ3) is 2.97. The molecule has 0 fully saturated rings. The number of hydrogen-bond acceptors (Lipinski definition) is 2. The third-order valence-corrected chi connectivity index (χ3v) is 3.55. The second-order valence-electron chi connectivity index (χ2n) is 3.11. The Morgan fingerprint density at radius 2 is 1.93 bits per heavy atom. The Morgan fingerprint density at radius 3 is 2.43 bits per heavy atom. The molecule has 14 heavy (non-hydrogen) atoms. The van der Waals surface area contributed by atoms with Crippen LogP contribution in [-0.2, 0) is 16.6 Å². The molecule has 0 unspecified atom stereocenters. The van der Waals surface area contributed by atoms with Crippen molar-refractivity contribution in [3.05, 3.63) is 34.9 Å². The highest BCUT2D eigenvalue weighted by atomic mass is 35.5. The summed E-state index contributed by atoms with van der Waals surface area (Å²) in [6.45, 7) is 0.304. The lowest BCUT2D eigenvalue weighted by molar-refractivity contribution is 0.472. The first-order valence-electron chi connectivity index (χ1n) is 4.06. The van der Waals surface area contributed by atoms with Gasteiger partial charge >= 0.3 is 0 Å². The molecule has 0 heterocycles. The second kappa shape index (κ2) is 4.29. The Balaban J connectivity index is 2.85. The van der Waals surface area contributed by atoms with Gasteiger partial charge in [0.1, 0.15) is 0 Å². The van der Waals surface area contributed by atoms with E-state index in [-0.39, 0.29) is 0 Å². The van der Waals surface area contributed by atoms with Crippen molar-refractivity contribution in [2.45, 2.75) is 6.54 Å². The minimum atomic E-state index is -3.14. The van der Waals surface area contributed by atoms with Crippen LogP contribution in [0.4, 0.5) is 0 Å². The maximum absolute atomic E-state index is 11.1. The molecule has 0 radical (unpaired) electrons. The first-order valence-corrected chi connectivity index (χ1v) is 6.28. The molecule has 0 spiro atoms. The van der Waals surface area contributed by atoms with Crippen molar-refractivity contribution in [1.29, 1.82) is 0 Å². The topological polar surface area (TPSA) is 37.4 Å². The molecular formula is C9H12ClNO2S. The standard InChI is InChI=1S/C9H12ClNO2S/c1-11(14(2,12)13)7-8-5-3-4-6-9(8)10/h3-6H,7H2,1-2H3. The fourth-order valence-corrected chi connectivity index (χ4v) is 1.55. The zero-order valence-electron chi connectivity index (χ0n) is 8.07. The van der Waals surface area contributed by atoms with E-state index >= 15 is 0 Å². The maximum atomic E-state index is 11.1. The van der Waals surface area contributed by atoms with Gasteiger partial charge in [0.05, 0.1) is 6.26 Å². The maximum Gasteiger partial charge on any atom is 0.211 e. The van der Waals surface area contributed by atoms with Crippen LogP contribution >= 0.6 is 11.6 Å². The van der Waals surface area contributed by atoms with Gasteiger partial charge in [0, 0.05) is 18.6 Å². The molecule has 0 aliphatic rings. The van der Waals surface area contributed by atoms with Gasteiger partial charge in [-0.1, -0.05) is 29.8 Å². The number of nitrogens with zero attached hydrogens (tertiary/aromatic N) is 1. The predicted octanol–water partition coefficient (Wildman–Crippen LogP) is 1.73. The lowest BCUT2D eigenvalue weighted by Gasteiger charge is -2.14. The highest BCUT2D eigenvalue weighted by Gasteiger charge is 2.12. The zero-order chi connectivity index (χ0) is 10.8. The van der Waals surface area contributed by atoms with E-state index in [2.05, 4.69) is 0 Å². The van der Waals surface area contributed by atoms with Crippen molar-refractivity contribution < 1.29 is 8.42 Å². The average molecular weight is 234 g/mol. The SMILES string of the molecule is CN(Cc1ccccc1Cl)S(C)(=O)=O. The van der Waals surface area contributed by atoms with E-state index in [4.69, 9.17) is 11.6 Å². The van der Waals surface area contributed by atoms with Crippen molar-refractivity contribution in [3.63, 3.8) is 0 Å². The van der Waals surface area contributed by atoms with Gasteiger partial charge in [-0.3, -0.25) is 0 Å². The summed E-state index contributed by atoms with van der Waals surface area (Å²) in [5.74, 6) is 0. The normalized spacial score (nSPS) is 12.0. The van der Waals surface area contributed by atoms with Crippen molar-refractivity contribution in [3.8, 4) is 0 Å². The van der Waals surface area contributed by atoms with Gasteiger partial charge in [-0.2, -0.15) is 0 Å². The highest BCUT2D eigenvalue weighted by molar-refractivity contribution is 7.88. The first kappa shape index (κ1) is 11.5. The number of benzene rings is 1. The lowest BCUT2D eigenvalue weighted by atomic mass is 10.2. The van der Waals surface area contributed by atoms with Crippen LogP contribution in [0.15, 0.2) is 24.3 Å². The van der Waals surface area contributed by atoms with E-state index in [9.17, 15) is 8.42 Å². The van der Waals surface area contributed by atoms with Crippen LogP contribution in [-0.4, -0.2) is 26.0 Å². The van der Waals surface area contributed by atoms with Gasteiger partial charge in [-0.25, -0.2) is 12.7 Å². The highest BCUT2D eigenvalue weighted by Crippen LogP contribution is 2.17. The monoisotopic (exact) mass is 233 g/mol. The predicted molar refractivity (Wildman–Crippen MR) is 57.8 cm³/mol. The molecule has 3 nitrogen and oxygen atoms in total. The molecule has 5 heteroatoms. The third-order valence-electron chi connectivity index (χ3n) is 1.92. The summed E-state index contributed by atoms with van der Waals surface area (Å²) in [5, 5.41) is 0.586. The second-order valence-corrected chi connectivity index (χ2v) is 5.61. The van der Waals surface area contributed by atoms with E-state index in [1.54, 1.807) is 6.07 Å². The van der Waals surface area contributed by atoms with Crippen LogP contribution in [0, 0.1) is 0 Å². The Morgan fingerprint density at radius 1 is 1.36 bits per heavy atom. The average Bonchev–Trinajstić information content (AvgIpc) is 2.07. The van der Waals surface area contributed by atoms with Crippen molar-refractivity contribution >= 4 is 21.6 Å². The van der Waals surface area contributed by atoms with Crippen molar-refractivity contribution in [1.82, 2.24) is 4.31 Å². The number of hydrogen-bond donors (Lipinski definition) is 0. The van der Waals surface area contributed by atoms with Crippen molar-refractivity contribution in [2.24, 2.45) is 0 Å². The van der Waals surface area contributed by atoms with Crippen LogP contribution in [0.2, 0.25) is 5.02 Å². The van der Waals surface area contributed by atoms with E-state index in [0.29, 0.717) is 11.6 Å². The number of halogens is 1. The van der Waals surface area contributed by atoms with Crippen molar-refractivity contribution in [2.75, 3.05) is 13.3 Å². The summed E-state index contributed by atoms with van der Waals surface area (Å²) in [6, 6.07) is 7.20. The molecule has 0 aliphatic carbocycles. The molecule has 0 saturated carbocycles. The minimum Gasteiger partial charge on any atom is -0.213 e.